The molecule has 2 aromatic heterocycles. The summed E-state index contributed by atoms with van der Waals surface area (Å²) in [5.41, 5.74) is 10.6. The molecule has 190 valence electrons. The molecule has 0 saturated heterocycles. The maximum absolute atomic E-state index is 14.2. The number of phenolic OH excluding ortho intramolecular Hbond substituents is 1. The number of ether oxygens (including phenoxy) is 1. The quantitative estimate of drug-likeness (QED) is 0.222. The minimum Gasteiger partial charge on any atom is -0.508 e. The van der Waals surface area contributed by atoms with Crippen molar-refractivity contribution in [3.05, 3.63) is 107 Å². The summed E-state index contributed by atoms with van der Waals surface area (Å²) in [7, 11) is 0. The number of allylic oxidation sites excluding steroid dienone is 1. The van der Waals surface area contributed by atoms with E-state index in [-0.39, 0.29) is 17.3 Å². The summed E-state index contributed by atoms with van der Waals surface area (Å²) >= 11 is 0. The average molecular weight is 510 g/mol. The third-order valence-electron chi connectivity index (χ3n) is 6.32. The molecule has 5 rings (SSSR count). The fraction of sp³-hybridized carbons (Fsp3) is 0.103. The normalized spacial score (nSPS) is 12.7. The monoisotopic (exact) mass is 509 g/mol. The van der Waals surface area contributed by atoms with E-state index in [0.717, 1.165) is 22.8 Å². The summed E-state index contributed by atoms with van der Waals surface area (Å²) in [5, 5.41) is 15.1. The number of halogens is 1. The second-order valence-electron chi connectivity index (χ2n) is 8.76. The van der Waals surface area contributed by atoms with Gasteiger partial charge in [-0.15, -0.1) is 0 Å². The third kappa shape index (κ3) is 4.45. The van der Waals surface area contributed by atoms with Crippen molar-refractivity contribution in [1.29, 1.82) is 0 Å². The number of nitrogens with zero attached hydrogens (tertiary/aromatic N) is 4. The molecule has 3 N–H and O–H groups in total. The highest BCUT2D eigenvalue weighted by Crippen LogP contribution is 2.38. The summed E-state index contributed by atoms with van der Waals surface area (Å²) < 4.78 is 21.4. The minimum atomic E-state index is -0.664. The lowest BCUT2D eigenvalue weighted by atomic mass is 9.91. The van der Waals surface area contributed by atoms with Gasteiger partial charge in [0.25, 0.3) is 6.47 Å². The van der Waals surface area contributed by atoms with Crippen LogP contribution in [0.5, 0.6) is 5.75 Å². The van der Waals surface area contributed by atoms with Gasteiger partial charge in [0.2, 0.25) is 0 Å². The highest BCUT2D eigenvalue weighted by atomic mass is 19.1. The Labute approximate surface area is 217 Å². The van der Waals surface area contributed by atoms with Crippen molar-refractivity contribution < 1.29 is 19.0 Å². The third-order valence-corrected chi connectivity index (χ3v) is 6.32. The maximum atomic E-state index is 14.2. The van der Waals surface area contributed by atoms with Gasteiger partial charge in [-0.25, -0.2) is 19.0 Å². The van der Waals surface area contributed by atoms with Crippen LogP contribution in [0.1, 0.15) is 29.7 Å². The summed E-state index contributed by atoms with van der Waals surface area (Å²) in [5.74, 6) is -0.434. The fourth-order valence-corrected chi connectivity index (χ4v) is 4.60. The number of benzene rings is 3. The molecule has 5 aromatic rings. The van der Waals surface area contributed by atoms with Crippen LogP contribution >= 0.6 is 0 Å². The van der Waals surface area contributed by atoms with Crippen LogP contribution in [0.4, 0.5) is 10.2 Å². The zero-order valence-electron chi connectivity index (χ0n) is 20.7. The standard InChI is InChI=1S/C29H24FN5O3/c1-17-8-6-7-11-23(17)24(19-9-4-3-5-10-19)27(38-16-36)18(2)35-29-25(28(31)32-15-33-29)26(34-35)20-12-21(30)14-22(37)13-20/h3-16,18,37H,1-2H3,(H2,31,32,33)/b27-24-. The number of aromatic nitrogens is 4. The molecule has 3 aromatic carbocycles. The first-order chi connectivity index (χ1) is 18.4. The lowest BCUT2D eigenvalue weighted by Gasteiger charge is -2.21. The van der Waals surface area contributed by atoms with Gasteiger partial charge < -0.3 is 15.6 Å². The molecule has 0 radical (unpaired) electrons. The topological polar surface area (TPSA) is 116 Å². The van der Waals surface area contributed by atoms with Crippen LogP contribution in [0.15, 0.2) is 84.9 Å². The molecule has 9 heteroatoms. The zero-order valence-corrected chi connectivity index (χ0v) is 20.7. The number of phenols is 1. The molecular weight excluding hydrogens is 485 g/mol. The Hall–Kier alpha value is -5.05. The molecule has 1 unspecified atom stereocenters. The highest BCUT2D eigenvalue weighted by molar-refractivity contribution is 5.98. The number of aryl methyl sites for hydroxylation is 1. The van der Waals surface area contributed by atoms with Crippen molar-refractivity contribution in [2.75, 3.05) is 5.73 Å². The number of hydrogen-bond donors (Lipinski definition) is 2. The number of hydrogen-bond acceptors (Lipinski definition) is 7. The van der Waals surface area contributed by atoms with Gasteiger partial charge in [-0.2, -0.15) is 5.10 Å². The number of nitrogens with two attached hydrogens (primary N) is 1. The molecule has 0 spiro atoms. The Morgan fingerprint density at radius 2 is 1.82 bits per heavy atom. The maximum Gasteiger partial charge on any atom is 0.298 e. The number of nitrogen functional groups attached to an aromatic ring is 1. The van der Waals surface area contributed by atoms with Crippen LogP contribution in [-0.4, -0.2) is 31.3 Å². The first-order valence-corrected chi connectivity index (χ1v) is 11.8. The van der Waals surface area contributed by atoms with E-state index < -0.39 is 11.9 Å². The largest absolute Gasteiger partial charge is 0.508 e. The van der Waals surface area contributed by atoms with E-state index in [4.69, 9.17) is 15.6 Å². The number of rotatable bonds is 7. The Bertz CT molecular complexity index is 1660. The molecule has 8 nitrogen and oxygen atoms in total. The van der Waals surface area contributed by atoms with Crippen molar-refractivity contribution in [2.24, 2.45) is 0 Å². The van der Waals surface area contributed by atoms with E-state index in [1.54, 1.807) is 4.68 Å². The molecule has 0 amide bonds. The molecule has 0 saturated carbocycles. The van der Waals surface area contributed by atoms with E-state index in [1.165, 1.54) is 18.5 Å². The summed E-state index contributed by atoms with van der Waals surface area (Å²) in [6.45, 7) is 4.18. The lowest BCUT2D eigenvalue weighted by molar-refractivity contribution is -0.125. The summed E-state index contributed by atoms with van der Waals surface area (Å²) in [6.07, 6.45) is 1.30. The Balaban J connectivity index is 1.81. The van der Waals surface area contributed by atoms with Crippen molar-refractivity contribution in [1.82, 2.24) is 19.7 Å². The van der Waals surface area contributed by atoms with Crippen LogP contribution in [0.3, 0.4) is 0 Å². The summed E-state index contributed by atoms with van der Waals surface area (Å²) in [6, 6.07) is 20.3. The van der Waals surface area contributed by atoms with Crippen LogP contribution in [-0.2, 0) is 9.53 Å². The zero-order chi connectivity index (χ0) is 26.8. The Morgan fingerprint density at radius 1 is 1.08 bits per heavy atom. The molecule has 0 aliphatic rings. The first kappa shape index (κ1) is 24.6. The van der Waals surface area contributed by atoms with Gasteiger partial charge in [0.15, 0.2) is 5.65 Å². The molecule has 1 atom stereocenters. The van der Waals surface area contributed by atoms with Crippen molar-refractivity contribution >= 4 is 28.9 Å². The van der Waals surface area contributed by atoms with Crippen LogP contribution in [0.25, 0.3) is 27.9 Å². The van der Waals surface area contributed by atoms with Gasteiger partial charge in [0.1, 0.15) is 41.2 Å². The molecule has 38 heavy (non-hydrogen) atoms. The first-order valence-electron chi connectivity index (χ1n) is 11.8. The van der Waals surface area contributed by atoms with E-state index in [9.17, 15) is 14.3 Å². The number of carbonyl (C=O) groups is 1. The van der Waals surface area contributed by atoms with Gasteiger partial charge in [-0.1, -0.05) is 54.6 Å². The molecule has 0 fully saturated rings. The van der Waals surface area contributed by atoms with Crippen molar-refractivity contribution in [2.45, 2.75) is 19.9 Å². The number of fused-ring (bicyclic) bond motifs is 1. The predicted octanol–water partition coefficient (Wildman–Crippen LogP) is 5.42. The highest BCUT2D eigenvalue weighted by Gasteiger charge is 2.27. The van der Waals surface area contributed by atoms with E-state index >= 15 is 0 Å². The average Bonchev–Trinajstić information content (AvgIpc) is 3.30. The fourth-order valence-electron chi connectivity index (χ4n) is 4.60. The predicted molar refractivity (Wildman–Crippen MR) is 142 cm³/mol. The van der Waals surface area contributed by atoms with Gasteiger partial charge in [-0.3, -0.25) is 4.79 Å². The number of aromatic hydroxyl groups is 1. The second-order valence-corrected chi connectivity index (χ2v) is 8.76. The molecule has 0 bridgehead atoms. The Morgan fingerprint density at radius 3 is 2.53 bits per heavy atom. The number of anilines is 1. The van der Waals surface area contributed by atoms with E-state index in [0.29, 0.717) is 34.4 Å². The van der Waals surface area contributed by atoms with E-state index in [1.807, 2.05) is 68.4 Å². The molecule has 0 aliphatic heterocycles. The Kier molecular flexibility index (Phi) is 6.57. The number of carbonyl (C=O) groups excluding carboxylic acids is 1. The molecule has 2 heterocycles. The van der Waals surface area contributed by atoms with Gasteiger partial charge in [-0.05, 0) is 42.7 Å². The molecular formula is C29H24FN5O3. The van der Waals surface area contributed by atoms with Crippen molar-refractivity contribution in [3.63, 3.8) is 0 Å². The van der Waals surface area contributed by atoms with Crippen LogP contribution < -0.4 is 5.73 Å². The molecule has 0 aliphatic carbocycles. The minimum absolute atomic E-state index is 0.135. The smallest absolute Gasteiger partial charge is 0.298 e. The van der Waals surface area contributed by atoms with Crippen LogP contribution in [0, 0.1) is 12.7 Å². The summed E-state index contributed by atoms with van der Waals surface area (Å²) in [4.78, 5) is 20.3. The van der Waals surface area contributed by atoms with Crippen LogP contribution in [0.2, 0.25) is 0 Å². The second kappa shape index (κ2) is 10.1. The lowest BCUT2D eigenvalue weighted by Crippen LogP contribution is -2.15. The van der Waals surface area contributed by atoms with Gasteiger partial charge >= 0.3 is 0 Å². The van der Waals surface area contributed by atoms with Crippen molar-refractivity contribution in [3.8, 4) is 17.0 Å². The van der Waals surface area contributed by atoms with Gasteiger partial charge in [0, 0.05) is 17.2 Å². The van der Waals surface area contributed by atoms with E-state index in [2.05, 4.69) is 9.97 Å². The SMILES string of the molecule is Cc1ccccc1/C(=C(\OC=O)C(C)n1nc(-c2cc(O)cc(F)c2)c2c(N)ncnc21)c1ccccc1. The van der Waals surface area contributed by atoms with Gasteiger partial charge in [0.05, 0.1) is 5.39 Å².